The molecule has 26 heavy (non-hydrogen) atoms. The van der Waals surface area contributed by atoms with Gasteiger partial charge in [0, 0.05) is 24.4 Å². The summed E-state index contributed by atoms with van der Waals surface area (Å²) < 4.78 is 16.4. The minimum absolute atomic E-state index is 0.0983. The molecule has 0 spiro atoms. The fourth-order valence-corrected chi connectivity index (χ4v) is 3.60. The molecule has 0 radical (unpaired) electrons. The van der Waals surface area contributed by atoms with Crippen molar-refractivity contribution in [1.82, 2.24) is 14.4 Å². The molecule has 0 fully saturated rings. The van der Waals surface area contributed by atoms with Crippen molar-refractivity contribution in [2.45, 2.75) is 33.6 Å². The van der Waals surface area contributed by atoms with E-state index in [4.69, 9.17) is 17.3 Å². The van der Waals surface area contributed by atoms with Crippen LogP contribution in [0.3, 0.4) is 0 Å². The van der Waals surface area contributed by atoms with Crippen molar-refractivity contribution in [3.8, 4) is 0 Å². The maximum Gasteiger partial charge on any atom is 0.149 e. The summed E-state index contributed by atoms with van der Waals surface area (Å²) in [7, 11) is 0. The summed E-state index contributed by atoms with van der Waals surface area (Å²) in [6, 6.07) is 1.70. The van der Waals surface area contributed by atoms with Gasteiger partial charge in [-0.1, -0.05) is 38.1 Å². The lowest BCUT2D eigenvalue weighted by atomic mass is 9.91. The van der Waals surface area contributed by atoms with Crippen molar-refractivity contribution in [2.24, 2.45) is 5.92 Å². The molecule has 6 heteroatoms. The smallest absolute Gasteiger partial charge is 0.149 e. The fourth-order valence-electron chi connectivity index (χ4n) is 3.37. The van der Waals surface area contributed by atoms with E-state index < -0.39 is 5.82 Å². The number of nitrogens with two attached hydrogens (primary N) is 1. The van der Waals surface area contributed by atoms with Gasteiger partial charge in [0.25, 0.3) is 0 Å². The predicted octanol–water partition coefficient (Wildman–Crippen LogP) is 4.84. The van der Waals surface area contributed by atoms with Crippen molar-refractivity contribution in [3.63, 3.8) is 0 Å². The second-order valence-corrected chi connectivity index (χ2v) is 7.25. The Morgan fingerprint density at radius 1 is 1.42 bits per heavy atom. The minimum Gasteiger partial charge on any atom is -0.382 e. The van der Waals surface area contributed by atoms with Crippen LogP contribution < -0.4 is 5.73 Å². The molecule has 0 saturated carbocycles. The maximum atomic E-state index is 14.5. The molecule has 0 atom stereocenters. The van der Waals surface area contributed by atoms with Gasteiger partial charge >= 0.3 is 0 Å². The molecule has 3 rings (SSSR count). The quantitative estimate of drug-likeness (QED) is 0.696. The van der Waals surface area contributed by atoms with E-state index in [2.05, 4.69) is 30.4 Å². The van der Waals surface area contributed by atoms with Gasteiger partial charge in [0.1, 0.15) is 23.0 Å². The molecule has 0 saturated heterocycles. The number of nitrogen functional groups attached to an aromatic ring is 1. The molecule has 0 bridgehead atoms. The Kier molecular flexibility index (Phi) is 5.01. The monoisotopic (exact) mass is 372 g/mol. The van der Waals surface area contributed by atoms with Crippen LogP contribution in [0.5, 0.6) is 0 Å². The van der Waals surface area contributed by atoms with Crippen LogP contribution in [-0.2, 0) is 12.8 Å². The van der Waals surface area contributed by atoms with Gasteiger partial charge in [0.15, 0.2) is 0 Å². The average Bonchev–Trinajstić information content (AvgIpc) is 2.89. The Balaban J connectivity index is 2.18. The summed E-state index contributed by atoms with van der Waals surface area (Å²) in [4.78, 5) is 8.79. The number of hydrogen-bond acceptors (Lipinski definition) is 3. The molecule has 2 N–H and O–H groups in total. The van der Waals surface area contributed by atoms with Crippen LogP contribution in [0.4, 0.5) is 10.2 Å². The van der Waals surface area contributed by atoms with Gasteiger partial charge in [-0.3, -0.25) is 4.40 Å². The Bertz CT molecular complexity index is 991. The van der Waals surface area contributed by atoms with Gasteiger partial charge in [-0.05, 0) is 36.5 Å². The zero-order valence-corrected chi connectivity index (χ0v) is 15.9. The van der Waals surface area contributed by atoms with Gasteiger partial charge in [0.05, 0.1) is 10.7 Å². The highest BCUT2D eigenvalue weighted by molar-refractivity contribution is 6.31. The molecular formula is C20H22ClFN4. The number of anilines is 1. The molecule has 0 amide bonds. The molecule has 3 aromatic rings. The van der Waals surface area contributed by atoms with Gasteiger partial charge in [0.2, 0.25) is 0 Å². The molecule has 2 heterocycles. The lowest BCUT2D eigenvalue weighted by Crippen LogP contribution is -2.07. The Morgan fingerprint density at radius 2 is 2.15 bits per heavy atom. The molecule has 2 aromatic heterocycles. The second-order valence-electron chi connectivity index (χ2n) is 6.85. The molecule has 0 aliphatic heterocycles. The number of benzene rings is 1. The van der Waals surface area contributed by atoms with Crippen LogP contribution in [0.2, 0.25) is 5.02 Å². The highest BCUT2D eigenvalue weighted by Crippen LogP contribution is 2.30. The predicted molar refractivity (Wildman–Crippen MR) is 105 cm³/mol. The largest absolute Gasteiger partial charge is 0.382 e. The van der Waals surface area contributed by atoms with Crippen molar-refractivity contribution in [2.75, 3.05) is 5.73 Å². The third-order valence-electron chi connectivity index (χ3n) is 4.46. The lowest BCUT2D eigenvalue weighted by molar-refractivity contribution is 0.607. The van der Waals surface area contributed by atoms with E-state index >= 15 is 0 Å². The summed E-state index contributed by atoms with van der Waals surface area (Å²) in [6.07, 6.45) is 6.27. The first-order valence-electron chi connectivity index (χ1n) is 8.53. The topological polar surface area (TPSA) is 56.2 Å². The average molecular weight is 373 g/mol. The summed E-state index contributed by atoms with van der Waals surface area (Å²) in [5, 5.41) is 0.0983. The van der Waals surface area contributed by atoms with Gasteiger partial charge in [-0.2, -0.15) is 0 Å². The first kappa shape index (κ1) is 18.4. The normalized spacial score (nSPS) is 11.5. The highest BCUT2D eigenvalue weighted by atomic mass is 35.5. The number of hydrogen-bond donors (Lipinski definition) is 1. The third-order valence-corrected chi connectivity index (χ3v) is 4.73. The van der Waals surface area contributed by atoms with Gasteiger partial charge < -0.3 is 5.73 Å². The number of aryl methyl sites for hydroxylation is 1. The number of rotatable bonds is 5. The van der Waals surface area contributed by atoms with E-state index in [0.717, 1.165) is 34.6 Å². The lowest BCUT2D eigenvalue weighted by Gasteiger charge is -2.17. The summed E-state index contributed by atoms with van der Waals surface area (Å²) in [5.74, 6) is 1.20. The Morgan fingerprint density at radius 3 is 2.81 bits per heavy atom. The standard InChI is InChI=1S/C20H22ClFN4/c1-5-14-15(8-11(2)3)13(9-16(21)18(14)22)10-17-25-12(4)19-20(23)24-6-7-26(17)19/h5-7,9,11H,1,8,10H2,2-4H3,(H2,23,24). The fraction of sp³-hybridized carbons (Fsp3) is 0.300. The first-order valence-corrected chi connectivity index (χ1v) is 8.91. The van der Waals surface area contributed by atoms with Crippen LogP contribution in [0.1, 0.15) is 42.1 Å². The van der Waals surface area contributed by atoms with Crippen LogP contribution in [0.25, 0.3) is 11.6 Å². The zero-order chi connectivity index (χ0) is 19.0. The van der Waals surface area contributed by atoms with Crippen molar-refractivity contribution < 1.29 is 4.39 Å². The molecule has 4 nitrogen and oxygen atoms in total. The van der Waals surface area contributed by atoms with Crippen LogP contribution >= 0.6 is 11.6 Å². The Labute approximate surface area is 157 Å². The number of aromatic nitrogens is 3. The number of halogens is 2. The van der Waals surface area contributed by atoms with E-state index in [1.165, 1.54) is 0 Å². The molecule has 136 valence electrons. The van der Waals surface area contributed by atoms with Gasteiger partial charge in [-0.15, -0.1) is 0 Å². The SMILES string of the molecule is C=Cc1c(F)c(Cl)cc(Cc2nc(C)c3c(N)nccn23)c1CC(C)C. The van der Waals surface area contributed by atoms with Crippen molar-refractivity contribution in [3.05, 3.63) is 64.1 Å². The highest BCUT2D eigenvalue weighted by Gasteiger charge is 2.19. The van der Waals surface area contributed by atoms with Crippen LogP contribution in [0, 0.1) is 18.7 Å². The van der Waals surface area contributed by atoms with Crippen LogP contribution in [-0.4, -0.2) is 14.4 Å². The van der Waals surface area contributed by atoms with Gasteiger partial charge in [-0.25, -0.2) is 14.4 Å². The Hall–Kier alpha value is -2.40. The van der Waals surface area contributed by atoms with E-state index in [1.807, 2.05) is 17.5 Å². The van der Waals surface area contributed by atoms with E-state index in [1.54, 1.807) is 18.3 Å². The summed E-state index contributed by atoms with van der Waals surface area (Å²) in [6.45, 7) is 9.88. The molecular weight excluding hydrogens is 351 g/mol. The molecule has 1 aromatic carbocycles. The second kappa shape index (κ2) is 7.08. The number of fused-ring (bicyclic) bond motifs is 1. The van der Waals surface area contributed by atoms with E-state index in [0.29, 0.717) is 23.7 Å². The van der Waals surface area contributed by atoms with Crippen molar-refractivity contribution in [1.29, 1.82) is 0 Å². The first-order chi connectivity index (χ1) is 12.3. The number of nitrogens with zero attached hydrogens (tertiary/aromatic N) is 3. The van der Waals surface area contributed by atoms with E-state index in [9.17, 15) is 4.39 Å². The minimum atomic E-state index is -0.418. The number of imidazole rings is 1. The van der Waals surface area contributed by atoms with Crippen LogP contribution in [0.15, 0.2) is 25.0 Å². The maximum absolute atomic E-state index is 14.5. The molecule has 0 aliphatic carbocycles. The molecule has 0 unspecified atom stereocenters. The zero-order valence-electron chi connectivity index (χ0n) is 15.2. The van der Waals surface area contributed by atoms with Crippen molar-refractivity contribution >= 4 is 29.0 Å². The summed E-state index contributed by atoms with van der Waals surface area (Å²) >= 11 is 6.14. The van der Waals surface area contributed by atoms with E-state index in [-0.39, 0.29) is 5.02 Å². The summed E-state index contributed by atoms with van der Waals surface area (Å²) in [5.41, 5.74) is 9.95. The third kappa shape index (κ3) is 3.19. The molecule has 0 aliphatic rings.